The largest absolute Gasteiger partial charge is 0.545 e. The fourth-order valence-electron chi connectivity index (χ4n) is 8.83. The zero-order valence-electron chi connectivity index (χ0n) is 45.3. The number of rotatable bonds is 55. The van der Waals surface area contributed by atoms with E-state index in [0.717, 1.165) is 38.5 Å². The molecule has 0 fully saturated rings. The highest BCUT2D eigenvalue weighted by atomic mass is 16.7. The first kappa shape index (κ1) is 65.3. The lowest BCUT2D eigenvalue weighted by molar-refractivity contribution is -0.870. The zero-order valence-corrected chi connectivity index (χ0v) is 45.3. The van der Waals surface area contributed by atoms with Crippen LogP contribution in [0, 0.1) is 0 Å². The van der Waals surface area contributed by atoms with Crippen LogP contribution in [0.2, 0.25) is 0 Å². The second-order valence-electron chi connectivity index (χ2n) is 21.3. The lowest BCUT2D eigenvalue weighted by atomic mass is 10.0. The number of unbranched alkanes of at least 4 members (excludes halogenated alkanes) is 40. The molecule has 398 valence electrons. The maximum absolute atomic E-state index is 12.8. The SMILES string of the molecule is CCCCCCCCCCCCCCCCCCCCCCCCCCCCCCCCCCCC(=O)OC(COC(=O)CCCCCCCCCCC)COC(OCC[N+](C)(C)C)C(=O)[O-]. The highest BCUT2D eigenvalue weighted by Crippen LogP contribution is 2.18. The molecule has 0 spiro atoms. The summed E-state index contributed by atoms with van der Waals surface area (Å²) in [6.45, 7) is 4.77. The molecule has 0 amide bonds. The van der Waals surface area contributed by atoms with E-state index in [1.807, 2.05) is 21.1 Å². The Labute approximate surface area is 415 Å². The first-order chi connectivity index (χ1) is 32.6. The Morgan fingerprint density at radius 1 is 0.388 bits per heavy atom. The molecule has 0 N–H and O–H groups in total. The number of esters is 2. The number of carbonyl (C=O) groups excluding carboxylic acids is 3. The zero-order chi connectivity index (χ0) is 49.2. The van der Waals surface area contributed by atoms with Gasteiger partial charge in [0.15, 0.2) is 12.4 Å². The van der Waals surface area contributed by atoms with Gasteiger partial charge in [-0.05, 0) is 12.8 Å². The molecular formula is C58H113NO8. The van der Waals surface area contributed by atoms with Gasteiger partial charge in [0.2, 0.25) is 0 Å². The third kappa shape index (κ3) is 52.0. The Balaban J connectivity index is 3.92. The molecule has 9 nitrogen and oxygen atoms in total. The molecule has 0 aliphatic rings. The summed E-state index contributed by atoms with van der Waals surface area (Å²) in [6.07, 6.45) is 53.4. The summed E-state index contributed by atoms with van der Waals surface area (Å²) in [4.78, 5) is 37.0. The summed E-state index contributed by atoms with van der Waals surface area (Å²) in [5.41, 5.74) is 0. The van der Waals surface area contributed by atoms with Gasteiger partial charge in [0.05, 0.1) is 40.3 Å². The molecule has 2 atom stereocenters. The van der Waals surface area contributed by atoms with Crippen molar-refractivity contribution in [3.8, 4) is 0 Å². The number of quaternary nitrogens is 1. The van der Waals surface area contributed by atoms with Gasteiger partial charge >= 0.3 is 11.9 Å². The van der Waals surface area contributed by atoms with E-state index in [0.29, 0.717) is 17.4 Å². The Morgan fingerprint density at radius 2 is 0.672 bits per heavy atom. The molecule has 2 unspecified atom stereocenters. The van der Waals surface area contributed by atoms with Gasteiger partial charge in [-0.25, -0.2) is 0 Å². The minimum atomic E-state index is -1.61. The minimum Gasteiger partial charge on any atom is -0.545 e. The topological polar surface area (TPSA) is 111 Å². The van der Waals surface area contributed by atoms with Crippen LogP contribution in [0.5, 0.6) is 0 Å². The molecule has 9 heteroatoms. The standard InChI is InChI=1S/C58H113NO8/c1-6-8-10-12-14-16-17-18-19-20-21-22-23-24-25-26-27-28-29-30-31-32-33-34-35-36-37-38-39-41-43-45-47-49-56(61)67-54(53-66-58(57(62)63)64-51-50-59(3,4)5)52-65-55(60)48-46-44-42-40-15-13-11-9-7-2/h54,58H,6-53H2,1-5H3. The third-order valence-electron chi connectivity index (χ3n) is 13.4. The van der Waals surface area contributed by atoms with Crippen LogP contribution in [0.4, 0.5) is 0 Å². The van der Waals surface area contributed by atoms with Crippen LogP contribution in [0.25, 0.3) is 0 Å². The van der Waals surface area contributed by atoms with Gasteiger partial charge in [0.25, 0.3) is 0 Å². The van der Waals surface area contributed by atoms with E-state index in [-0.39, 0.29) is 32.2 Å². The van der Waals surface area contributed by atoms with Gasteiger partial charge in [-0.3, -0.25) is 9.59 Å². The normalized spacial score (nSPS) is 12.7. The molecule has 0 saturated heterocycles. The monoisotopic (exact) mass is 952 g/mol. The predicted octanol–water partition coefficient (Wildman–Crippen LogP) is 15.5. The average molecular weight is 953 g/mol. The number of carbonyl (C=O) groups is 3. The number of hydrogen-bond donors (Lipinski definition) is 0. The van der Waals surface area contributed by atoms with Crippen LogP contribution in [-0.2, 0) is 33.3 Å². The van der Waals surface area contributed by atoms with E-state index in [1.165, 1.54) is 231 Å². The molecule has 0 bridgehead atoms. The van der Waals surface area contributed by atoms with Crippen LogP contribution < -0.4 is 5.11 Å². The van der Waals surface area contributed by atoms with Crippen LogP contribution >= 0.6 is 0 Å². The van der Waals surface area contributed by atoms with Gasteiger partial charge in [-0.1, -0.05) is 271 Å². The first-order valence-electron chi connectivity index (χ1n) is 29.2. The summed E-state index contributed by atoms with van der Waals surface area (Å²) in [7, 11) is 5.92. The molecule has 0 radical (unpaired) electrons. The van der Waals surface area contributed by atoms with Gasteiger partial charge in [-0.15, -0.1) is 0 Å². The van der Waals surface area contributed by atoms with Gasteiger partial charge in [0.1, 0.15) is 13.2 Å². The molecule has 0 aliphatic heterocycles. The molecular weight excluding hydrogens is 839 g/mol. The van der Waals surface area contributed by atoms with E-state index < -0.39 is 24.3 Å². The quantitative estimate of drug-likeness (QED) is 0.0256. The lowest BCUT2D eigenvalue weighted by Crippen LogP contribution is -2.44. The average Bonchev–Trinajstić information content (AvgIpc) is 3.29. The van der Waals surface area contributed by atoms with Gasteiger partial charge in [0, 0.05) is 12.8 Å². The number of nitrogens with zero attached hydrogens (tertiary/aromatic N) is 1. The fourth-order valence-corrected chi connectivity index (χ4v) is 8.83. The van der Waals surface area contributed by atoms with E-state index in [9.17, 15) is 19.5 Å². The van der Waals surface area contributed by atoms with Gasteiger partial charge in [-0.2, -0.15) is 0 Å². The van der Waals surface area contributed by atoms with E-state index >= 15 is 0 Å². The summed E-state index contributed by atoms with van der Waals surface area (Å²) < 4.78 is 22.6. The fraction of sp³-hybridized carbons (Fsp3) is 0.948. The molecule has 0 aromatic heterocycles. The highest BCUT2D eigenvalue weighted by molar-refractivity contribution is 5.70. The van der Waals surface area contributed by atoms with E-state index in [2.05, 4.69) is 13.8 Å². The second-order valence-corrected chi connectivity index (χ2v) is 21.3. The summed E-state index contributed by atoms with van der Waals surface area (Å²) in [5.74, 6) is -2.26. The Hall–Kier alpha value is -1.71. The molecule has 67 heavy (non-hydrogen) atoms. The van der Waals surface area contributed by atoms with Crippen LogP contribution in [0.1, 0.15) is 296 Å². The highest BCUT2D eigenvalue weighted by Gasteiger charge is 2.22. The van der Waals surface area contributed by atoms with Crippen LogP contribution in [0.15, 0.2) is 0 Å². The van der Waals surface area contributed by atoms with Crippen molar-refractivity contribution < 1.29 is 42.9 Å². The summed E-state index contributed by atoms with van der Waals surface area (Å²) in [6, 6.07) is 0. The van der Waals surface area contributed by atoms with Crippen molar-refractivity contribution in [2.24, 2.45) is 0 Å². The van der Waals surface area contributed by atoms with Crippen molar-refractivity contribution in [2.45, 2.75) is 309 Å². The van der Waals surface area contributed by atoms with Crippen LogP contribution in [-0.4, -0.2) is 82.3 Å². The van der Waals surface area contributed by atoms with E-state index in [4.69, 9.17) is 18.9 Å². The molecule has 0 rings (SSSR count). The van der Waals surface area contributed by atoms with Crippen molar-refractivity contribution in [1.82, 2.24) is 0 Å². The number of hydrogen-bond acceptors (Lipinski definition) is 8. The third-order valence-corrected chi connectivity index (χ3v) is 13.4. The van der Waals surface area contributed by atoms with E-state index in [1.54, 1.807) is 0 Å². The van der Waals surface area contributed by atoms with Crippen molar-refractivity contribution >= 4 is 17.9 Å². The van der Waals surface area contributed by atoms with Crippen LogP contribution in [0.3, 0.4) is 0 Å². The summed E-state index contributed by atoms with van der Waals surface area (Å²) >= 11 is 0. The Morgan fingerprint density at radius 3 is 0.955 bits per heavy atom. The number of ether oxygens (including phenoxy) is 4. The number of aliphatic carboxylic acids is 1. The minimum absolute atomic E-state index is 0.153. The molecule has 0 aromatic carbocycles. The van der Waals surface area contributed by atoms with Crippen molar-refractivity contribution in [3.05, 3.63) is 0 Å². The maximum Gasteiger partial charge on any atom is 0.306 e. The summed E-state index contributed by atoms with van der Waals surface area (Å²) in [5, 5.41) is 11.7. The Kier molecular flexibility index (Phi) is 49.4. The molecule has 0 heterocycles. The van der Waals surface area contributed by atoms with Crippen molar-refractivity contribution in [3.63, 3.8) is 0 Å². The lowest BCUT2D eigenvalue weighted by Gasteiger charge is -2.26. The molecule has 0 saturated carbocycles. The number of likely N-dealkylation sites (N-methyl/N-ethyl adjacent to an activating group) is 1. The van der Waals surface area contributed by atoms with Gasteiger partial charge < -0.3 is 33.3 Å². The Bertz CT molecular complexity index is 1060. The number of carboxylic acid groups (broad SMARTS) is 1. The van der Waals surface area contributed by atoms with Crippen molar-refractivity contribution in [1.29, 1.82) is 0 Å². The predicted molar refractivity (Wildman–Crippen MR) is 279 cm³/mol. The molecule has 0 aromatic rings. The smallest absolute Gasteiger partial charge is 0.306 e. The second kappa shape index (κ2) is 50.7. The maximum atomic E-state index is 12.8. The molecule has 0 aliphatic carbocycles. The first-order valence-corrected chi connectivity index (χ1v) is 29.2. The van der Waals surface area contributed by atoms with Crippen molar-refractivity contribution in [2.75, 3.05) is 47.5 Å². The number of carboxylic acids is 1.